The Kier molecular flexibility index (Phi) is 5.55. The van der Waals surface area contributed by atoms with Crippen molar-refractivity contribution in [3.8, 4) is 11.3 Å². The summed E-state index contributed by atoms with van der Waals surface area (Å²) in [4.78, 5) is 16.5. The highest BCUT2D eigenvalue weighted by molar-refractivity contribution is 7.98. The smallest absolute Gasteiger partial charge is 0.272 e. The number of nitrogens with one attached hydrogen (secondary N) is 1. The average molecular weight is 385 g/mol. The number of aromatic nitrogens is 2. The molecule has 1 N–H and O–H groups in total. The minimum atomic E-state index is -0.0425. The van der Waals surface area contributed by atoms with Crippen LogP contribution in [0.5, 0.6) is 0 Å². The normalized spacial score (nSPS) is 17.4. The van der Waals surface area contributed by atoms with Crippen LogP contribution in [0.25, 0.3) is 11.3 Å². The van der Waals surface area contributed by atoms with E-state index in [4.69, 9.17) is 0 Å². The number of fused-ring (bicyclic) bond motifs is 3. The molecule has 1 aromatic heterocycles. The molecule has 2 aliphatic heterocycles. The van der Waals surface area contributed by atoms with E-state index in [1.807, 2.05) is 17.8 Å². The van der Waals surface area contributed by atoms with E-state index in [9.17, 15) is 4.79 Å². The van der Waals surface area contributed by atoms with Gasteiger partial charge in [0.15, 0.2) is 5.69 Å². The summed E-state index contributed by atoms with van der Waals surface area (Å²) in [5, 5.41) is 7.63. The molecule has 5 nitrogen and oxygen atoms in total. The zero-order valence-electron chi connectivity index (χ0n) is 16.2. The summed E-state index contributed by atoms with van der Waals surface area (Å²) in [6.45, 7) is 6.50. The fourth-order valence-electron chi connectivity index (χ4n) is 4.04. The monoisotopic (exact) mass is 384 g/mol. The summed E-state index contributed by atoms with van der Waals surface area (Å²) in [6, 6.07) is 8.35. The van der Waals surface area contributed by atoms with E-state index < -0.39 is 0 Å². The van der Waals surface area contributed by atoms with Crippen LogP contribution in [0.2, 0.25) is 0 Å². The molecule has 6 heteroatoms. The van der Waals surface area contributed by atoms with Crippen LogP contribution >= 0.6 is 11.8 Å². The number of benzene rings is 1. The van der Waals surface area contributed by atoms with E-state index >= 15 is 0 Å². The van der Waals surface area contributed by atoms with Gasteiger partial charge in [-0.1, -0.05) is 25.1 Å². The maximum atomic E-state index is 12.7. The Morgan fingerprint density at radius 1 is 1.30 bits per heavy atom. The van der Waals surface area contributed by atoms with E-state index in [-0.39, 0.29) is 5.91 Å². The van der Waals surface area contributed by atoms with Gasteiger partial charge >= 0.3 is 0 Å². The largest absolute Gasteiger partial charge is 0.351 e. The molecule has 0 spiro atoms. The summed E-state index contributed by atoms with van der Waals surface area (Å²) in [5.41, 5.74) is 3.90. The molecule has 144 valence electrons. The number of hydrogen-bond donors (Lipinski definition) is 1. The number of amides is 1. The van der Waals surface area contributed by atoms with Crippen molar-refractivity contribution < 1.29 is 4.79 Å². The fourth-order valence-corrected chi connectivity index (χ4v) is 5.10. The minimum absolute atomic E-state index is 0.0425. The first-order chi connectivity index (χ1) is 13.1. The fraction of sp³-hybridized carbons (Fsp3) is 0.524. The Labute approximate surface area is 165 Å². The molecular formula is C21H28N4OS. The van der Waals surface area contributed by atoms with Crippen LogP contribution in [0.1, 0.15) is 42.2 Å². The lowest BCUT2D eigenvalue weighted by molar-refractivity contribution is 0.0944. The lowest BCUT2D eigenvalue weighted by Crippen LogP contribution is -2.35. The Balaban J connectivity index is 1.36. The van der Waals surface area contributed by atoms with Gasteiger partial charge in [0, 0.05) is 35.4 Å². The molecule has 0 radical (unpaired) electrons. The molecule has 0 unspecified atom stereocenters. The van der Waals surface area contributed by atoms with Crippen LogP contribution in [-0.4, -0.2) is 46.8 Å². The zero-order chi connectivity index (χ0) is 18.8. The third kappa shape index (κ3) is 3.92. The van der Waals surface area contributed by atoms with Gasteiger partial charge < -0.3 is 10.2 Å². The first-order valence-electron chi connectivity index (χ1n) is 9.92. The quantitative estimate of drug-likeness (QED) is 0.801. The predicted molar refractivity (Wildman–Crippen MR) is 110 cm³/mol. The number of carbonyl (C=O) groups is 1. The lowest BCUT2D eigenvalue weighted by Gasteiger charge is -2.30. The predicted octanol–water partition coefficient (Wildman–Crippen LogP) is 3.54. The Hall–Kier alpha value is -1.79. The van der Waals surface area contributed by atoms with Crippen LogP contribution in [0.15, 0.2) is 29.2 Å². The van der Waals surface area contributed by atoms with E-state index in [0.717, 1.165) is 35.9 Å². The topological polar surface area (TPSA) is 50.2 Å². The van der Waals surface area contributed by atoms with Crippen LogP contribution in [-0.2, 0) is 12.8 Å². The van der Waals surface area contributed by atoms with Crippen molar-refractivity contribution in [2.24, 2.45) is 13.0 Å². The molecule has 0 atom stereocenters. The molecule has 1 fully saturated rings. The van der Waals surface area contributed by atoms with Crippen molar-refractivity contribution in [3.05, 3.63) is 35.5 Å². The Morgan fingerprint density at radius 2 is 2.07 bits per heavy atom. The summed E-state index contributed by atoms with van der Waals surface area (Å²) >= 11 is 1.78. The van der Waals surface area contributed by atoms with Gasteiger partial charge in [-0.2, -0.15) is 5.10 Å². The maximum absolute atomic E-state index is 12.7. The number of aryl methyl sites for hydroxylation is 1. The van der Waals surface area contributed by atoms with Crippen molar-refractivity contribution >= 4 is 17.7 Å². The number of rotatable bonds is 5. The molecule has 0 bridgehead atoms. The van der Waals surface area contributed by atoms with Gasteiger partial charge in [0.25, 0.3) is 5.91 Å². The second kappa shape index (κ2) is 8.07. The molecule has 2 aromatic rings. The molecule has 1 aromatic carbocycles. The molecule has 1 amide bonds. The third-order valence-electron chi connectivity index (χ3n) is 5.69. The Bertz CT molecular complexity index is 824. The van der Waals surface area contributed by atoms with Crippen LogP contribution in [0.3, 0.4) is 0 Å². The maximum Gasteiger partial charge on any atom is 0.272 e. The number of carbonyl (C=O) groups excluding carboxylic acids is 1. The molecular weight excluding hydrogens is 356 g/mol. The zero-order valence-corrected chi connectivity index (χ0v) is 17.0. The third-order valence-corrected chi connectivity index (χ3v) is 6.79. The molecule has 1 saturated heterocycles. The van der Waals surface area contributed by atoms with Crippen LogP contribution in [0.4, 0.5) is 0 Å². The van der Waals surface area contributed by atoms with Crippen molar-refractivity contribution in [3.63, 3.8) is 0 Å². The van der Waals surface area contributed by atoms with Crippen LogP contribution in [0, 0.1) is 5.92 Å². The highest BCUT2D eigenvalue weighted by Crippen LogP contribution is 2.42. The second-order valence-corrected chi connectivity index (χ2v) is 8.74. The Morgan fingerprint density at radius 3 is 2.89 bits per heavy atom. The van der Waals surface area contributed by atoms with Crippen LogP contribution < -0.4 is 5.32 Å². The van der Waals surface area contributed by atoms with Gasteiger partial charge in [-0.05, 0) is 50.9 Å². The number of piperidine rings is 1. The summed E-state index contributed by atoms with van der Waals surface area (Å²) in [5.74, 6) is 1.62. The number of likely N-dealkylation sites (tertiary alicyclic amines) is 1. The molecule has 4 rings (SSSR count). The SMILES string of the molecule is CC1CCN(CCCNC(=O)c2nn(C)c3c2CSc2ccccc2-3)CC1. The van der Waals surface area contributed by atoms with E-state index in [0.29, 0.717) is 12.2 Å². The van der Waals surface area contributed by atoms with Crippen molar-refractivity contribution in [1.29, 1.82) is 0 Å². The summed E-state index contributed by atoms with van der Waals surface area (Å²) in [7, 11) is 1.93. The summed E-state index contributed by atoms with van der Waals surface area (Å²) in [6.07, 6.45) is 3.59. The molecule has 0 saturated carbocycles. The van der Waals surface area contributed by atoms with Crippen molar-refractivity contribution in [2.75, 3.05) is 26.2 Å². The molecule has 3 heterocycles. The number of thioether (sulfide) groups is 1. The van der Waals surface area contributed by atoms with Gasteiger partial charge in [-0.3, -0.25) is 9.48 Å². The van der Waals surface area contributed by atoms with Gasteiger partial charge in [0.05, 0.1) is 5.69 Å². The summed E-state index contributed by atoms with van der Waals surface area (Å²) < 4.78 is 1.86. The number of hydrogen-bond acceptors (Lipinski definition) is 4. The van der Waals surface area contributed by atoms with E-state index in [2.05, 4.69) is 40.4 Å². The molecule has 0 aliphatic carbocycles. The van der Waals surface area contributed by atoms with Gasteiger partial charge in [-0.15, -0.1) is 11.8 Å². The highest BCUT2D eigenvalue weighted by atomic mass is 32.2. The molecule has 2 aliphatic rings. The standard InChI is InChI=1S/C21H28N4OS/c1-15-8-12-25(13-9-15)11-5-10-22-21(26)19-17-14-27-18-7-4-3-6-16(18)20(17)24(2)23-19/h3-4,6-7,15H,5,8-14H2,1-2H3,(H,22,26). The first kappa shape index (κ1) is 18.6. The lowest BCUT2D eigenvalue weighted by atomic mass is 9.99. The van der Waals surface area contributed by atoms with E-state index in [1.54, 1.807) is 11.8 Å². The van der Waals surface area contributed by atoms with Crippen molar-refractivity contribution in [1.82, 2.24) is 20.0 Å². The highest BCUT2D eigenvalue weighted by Gasteiger charge is 2.27. The molecule has 27 heavy (non-hydrogen) atoms. The first-order valence-corrected chi connectivity index (χ1v) is 10.9. The minimum Gasteiger partial charge on any atom is -0.351 e. The van der Waals surface area contributed by atoms with Gasteiger partial charge in [0.1, 0.15) is 0 Å². The average Bonchev–Trinajstić information content (AvgIpc) is 3.04. The second-order valence-electron chi connectivity index (χ2n) is 7.72. The number of nitrogens with zero attached hydrogens (tertiary/aromatic N) is 3. The van der Waals surface area contributed by atoms with Crippen molar-refractivity contribution in [2.45, 2.75) is 36.8 Å². The van der Waals surface area contributed by atoms with Gasteiger partial charge in [-0.25, -0.2) is 0 Å². The van der Waals surface area contributed by atoms with Gasteiger partial charge in [0.2, 0.25) is 0 Å². The van der Waals surface area contributed by atoms with E-state index in [1.165, 1.54) is 36.4 Å².